The second kappa shape index (κ2) is 63.4. The Kier molecular flexibility index (Phi) is 24.5. The maximum absolute atomic E-state index is 9.26. The predicted molar refractivity (Wildman–Crippen MR) is 518 cm³/mol. The van der Waals surface area contributed by atoms with E-state index in [0.717, 1.165) is 46.6 Å². The number of hydrogen-bond acceptors (Lipinski definition) is 1. The quantitative estimate of drug-likeness (QED) is 0.145. The van der Waals surface area contributed by atoms with Gasteiger partial charge < -0.3 is 5.11 Å². The molecule has 0 amide bonds. The van der Waals surface area contributed by atoms with Crippen LogP contribution in [0.2, 0.25) is 0 Å². The molecule has 0 saturated heterocycles. The van der Waals surface area contributed by atoms with Crippen LogP contribution in [0, 0.1) is 45.3 Å². The third kappa shape index (κ3) is 63.5. The van der Waals surface area contributed by atoms with Crippen LogP contribution in [0.3, 0.4) is 0 Å². The van der Waals surface area contributed by atoms with Gasteiger partial charge in [0.2, 0.25) is 0 Å². The number of phenolic OH excluding ortho intramolecular Hbond substituents is 1. The molecule has 0 heterocycles. The zero-order chi connectivity index (χ0) is 140. The summed E-state index contributed by atoms with van der Waals surface area (Å²) in [6.07, 6.45) is -48.8. The van der Waals surface area contributed by atoms with Crippen LogP contribution in [0.1, 0.15) is 530 Å². The van der Waals surface area contributed by atoms with Gasteiger partial charge in [-0.1, -0.05) is 501 Å². The first kappa shape index (κ1) is 44.0. The molecule has 0 bridgehead atoms. The van der Waals surface area contributed by atoms with Crippen LogP contribution in [0.25, 0.3) is 0 Å². The van der Waals surface area contributed by atoms with Crippen molar-refractivity contribution in [2.45, 2.75) is 421 Å². The molecule has 6 fully saturated rings. The van der Waals surface area contributed by atoms with Gasteiger partial charge in [0.05, 0.1) is 19.2 Å². The van der Waals surface area contributed by atoms with Crippen LogP contribution >= 0.6 is 0 Å². The predicted octanol–water partition coefficient (Wildman–Crippen LogP) is 37.9. The minimum atomic E-state index is -3.29. The van der Waals surface area contributed by atoms with Gasteiger partial charge >= 0.3 is 0 Å². The monoisotopic (exact) mass is 1630 g/mol. The van der Waals surface area contributed by atoms with Crippen LogP contribution in [-0.2, 0) is 6.42 Å². The summed E-state index contributed by atoms with van der Waals surface area (Å²) in [4.78, 5) is 0. The lowest BCUT2D eigenvalue weighted by Gasteiger charge is -2.28. The first-order valence-electron chi connectivity index (χ1n) is 70.0. The van der Waals surface area contributed by atoms with Gasteiger partial charge in [0.1, 0.15) is 5.75 Å². The van der Waals surface area contributed by atoms with E-state index in [9.17, 15) is 5.11 Å². The second-order valence-corrected chi connectivity index (χ2v) is 32.2. The van der Waals surface area contributed by atoms with Crippen molar-refractivity contribution in [3.8, 4) is 5.75 Å². The fourth-order valence-corrected chi connectivity index (χ4v) is 8.70. The van der Waals surface area contributed by atoms with Crippen molar-refractivity contribution in [1.82, 2.24) is 0 Å². The van der Waals surface area contributed by atoms with Gasteiger partial charge in [-0.05, 0) is 203 Å². The van der Waals surface area contributed by atoms with E-state index in [1.807, 2.05) is 102 Å². The molecule has 0 aromatic heterocycles. The van der Waals surface area contributed by atoms with Crippen molar-refractivity contribution in [2.75, 3.05) is 0 Å². The number of rotatable bonds is 10. The van der Waals surface area contributed by atoms with Gasteiger partial charge in [-0.15, -0.1) is 0 Å². The maximum atomic E-state index is 9.26. The van der Waals surface area contributed by atoms with Gasteiger partial charge in [-0.3, -0.25) is 0 Å². The Morgan fingerprint density at radius 1 is 0.333 bits per heavy atom. The molecule has 114 heavy (non-hydrogen) atoms. The molecule has 0 atom stereocenters. The SMILES string of the molecule is CC(C)[13c]1[13cH][13cH][13cH][13cH][13cH]1.CCc1ccccc1.Cc1ccccc1.[2H]C(C)(C)c1ccccc1.[2H]C([2H])(C)C([2H])([2H])C([2H])([2H])C([2H])([2H])C([2H])(C)C.[2H]C1([2H])C([2H])([2H])C([2H])([2H])C(C)(C)C([2H])([2H])C1([2H])[2H].[2H]C1([2H])C([2H])([2H])C([2H])([2H])C(C)(C)C1([2H])[2H].[2H]C1([2H])CC(C)(C)CC([2H])([2H])C1([2H])[2H].[2H]C1([2H])CC(C)(C)CC1([2H])[2H].[2H]C1([2H])CCC([2H])([2H])C1(C)C.[2H]C1([2H])CCCC([2H])([2H])C1(C)C.[2H]c1c([2H])c(C(C)C)c([2H])c([2H])c1O.[2H]c1c([2H])c([2H])c(C(C)C)c([2H])c1[2H].[2H]c1c([2H])c([2H])c(C([2H])(C)C)c([2H])c1[2H]. The molecule has 6 aliphatic carbocycles. The van der Waals surface area contributed by atoms with E-state index < -0.39 is 197 Å². The Morgan fingerprint density at radius 2 is 0.640 bits per heavy atom. The largest absolute Gasteiger partial charge is 0.508 e. The number of aryl methyl sites for hydroxylation is 2. The van der Waals surface area contributed by atoms with Gasteiger partial charge in [0.25, 0.3) is 0 Å². The normalized spacial score (nSPS) is 33.6. The molecule has 1 heteroatoms. The molecule has 7 aromatic rings. The number of phenols is 1. The highest BCUT2D eigenvalue weighted by molar-refractivity contribution is 5.28. The molecule has 0 aliphatic heterocycles. The minimum absolute atomic E-state index is 0.0356. The number of hydrogen-bond donors (Lipinski definition) is 1. The van der Waals surface area contributed by atoms with Crippen LogP contribution < -0.4 is 0 Å². The fraction of sp³-hybridized carbons (Fsp3) is 0.628. The van der Waals surface area contributed by atoms with Crippen molar-refractivity contribution in [2.24, 2.45) is 38.4 Å². The van der Waals surface area contributed by atoms with Crippen LogP contribution in [-0.4, -0.2) is 5.11 Å². The van der Waals surface area contributed by atoms with E-state index in [0.29, 0.717) is 62.0 Å². The third-order valence-electron chi connectivity index (χ3n) is 15.8. The summed E-state index contributed by atoms with van der Waals surface area (Å²) >= 11 is 0. The first-order valence-corrected chi connectivity index (χ1v) is 39.5. The molecule has 7 aromatic carbocycles. The van der Waals surface area contributed by atoms with Crippen LogP contribution in [0.5, 0.6) is 5.75 Å². The highest BCUT2D eigenvalue weighted by atomic mass is 16.3. The second-order valence-electron chi connectivity index (χ2n) is 32.2. The van der Waals surface area contributed by atoms with Gasteiger partial charge in [-0.25, -0.2) is 0 Å². The minimum Gasteiger partial charge on any atom is -0.508 e. The molecule has 1 N–H and O–H groups in total. The molecule has 0 spiro atoms. The Hall–Kier alpha value is -5.66. The Bertz CT molecular complexity index is 5900. The molecule has 6 aliphatic rings. The smallest absolute Gasteiger partial charge is 0.115 e. The summed E-state index contributed by atoms with van der Waals surface area (Å²) < 4.78 is 461. The summed E-state index contributed by atoms with van der Waals surface area (Å²) in [5, 5.41) is 9.26. The van der Waals surface area contributed by atoms with Crippen molar-refractivity contribution in [3.05, 3.63) is 245 Å². The van der Waals surface area contributed by atoms with E-state index >= 15 is 0 Å². The standard InChI is InChI=1S/C9H12O.4C9H12.3C8H16.C8H10.C8H18.3C7H14.C7H8/c1-7(2)8-3-5-9(10)6-4-8;4*1-8(2)9-6-4-3-5-7-9;3*1-8(2)6-4-3-5-7-8;1-2-8-6-4-3-5-7-8;1-4-5-6-7-8(2)3;3*1-7(2)5-3-4-6-7;1-7-5-3-2-4-6-7/h3-7,10H,1-2H3;4*3-8H,1-2H3;3*3-7H2,1-2H3;3-7H,2H2,1H3;8H,4-7H2,1-3H3;3*3-6H2,1-2H3;2-6H,1H3/i3D,4D,5D,6D;3+1,4+1,5+1,6+1,7+1,9+1;3D,4D,5D,6D,7D,8D;3D,4D,5D,6D,7D;8D;3D2,4D2,5D2,6D2,7D2;3D2,4D2,5D2;6D2,7D2;;4D2,5D2,6D2,7D2,8D;3D2,4D2,5D2,6D2;5D2,6D2;3D2,4D2;. The topological polar surface area (TPSA) is 20.2 Å². The summed E-state index contributed by atoms with van der Waals surface area (Å²) in [6.45, 7) is 44.5. The molecule has 644 valence electrons. The molecule has 1 nitrogen and oxygen atoms in total. The zero-order valence-electron chi connectivity index (χ0n) is 135. The Labute approximate surface area is 797 Å². The average molecular weight is 1630 g/mol. The third-order valence-corrected chi connectivity index (χ3v) is 15.8. The summed E-state index contributed by atoms with van der Waals surface area (Å²) in [7, 11) is 0. The van der Waals surface area contributed by atoms with Crippen LogP contribution in [0.15, 0.2) is 206 Å². The number of aromatic hydroxyl groups is 1. The lowest BCUT2D eigenvalue weighted by atomic mass is 9.78. The van der Waals surface area contributed by atoms with Crippen molar-refractivity contribution in [3.63, 3.8) is 0 Å². The lowest BCUT2D eigenvalue weighted by Crippen LogP contribution is -2.14. The average Bonchev–Trinajstić information content (AvgIpc) is 1.50. The van der Waals surface area contributed by atoms with Gasteiger partial charge in [-0.2, -0.15) is 0 Å². The maximum Gasteiger partial charge on any atom is 0.115 e. The van der Waals surface area contributed by atoms with Gasteiger partial charge in [0.15, 0.2) is 0 Å². The zero-order valence-corrected chi connectivity index (χ0v) is 74.3. The van der Waals surface area contributed by atoms with Crippen molar-refractivity contribution in [1.29, 1.82) is 0 Å². The van der Waals surface area contributed by atoms with Crippen molar-refractivity contribution < 1.29 is 88.7 Å². The highest BCUT2D eigenvalue weighted by Gasteiger charge is 2.25. The molecule has 0 unspecified atom stereocenters. The van der Waals surface area contributed by atoms with E-state index in [1.165, 1.54) is 44.4 Å². The van der Waals surface area contributed by atoms with E-state index in [1.54, 1.807) is 55.4 Å². The molecular weight excluding hydrogens is 1380 g/mol. The summed E-state index contributed by atoms with van der Waals surface area (Å²) in [6, 6.07) is 37.3. The summed E-state index contributed by atoms with van der Waals surface area (Å²) in [5.41, 5.74) is -0.167. The Balaban J connectivity index is 0.00000187. The molecule has 13 rings (SSSR count). The molecule has 0 radical (unpaired) electrons. The highest BCUT2D eigenvalue weighted by Crippen LogP contribution is 2.39. The number of benzene rings is 7. The first-order chi connectivity index (χ1) is 76.9. The summed E-state index contributed by atoms with van der Waals surface area (Å²) in [5.74, 6) is -3.63. The lowest BCUT2D eigenvalue weighted by molar-refractivity contribution is 0.244. The Morgan fingerprint density at radius 3 is 0.921 bits per heavy atom. The fourth-order valence-electron chi connectivity index (χ4n) is 8.70. The molecule has 6 saturated carbocycles. The van der Waals surface area contributed by atoms with E-state index in [2.05, 4.69) is 88.4 Å². The van der Waals surface area contributed by atoms with Crippen LogP contribution in [0.4, 0.5) is 0 Å². The van der Waals surface area contributed by atoms with Crippen molar-refractivity contribution >= 4 is 0 Å². The molecular formula is C113H186O. The van der Waals surface area contributed by atoms with E-state index in [-0.39, 0.29) is 114 Å². The van der Waals surface area contributed by atoms with E-state index in [4.69, 9.17) is 83.6 Å². The van der Waals surface area contributed by atoms with Gasteiger partial charge in [0, 0.05) is 64.4 Å².